The summed E-state index contributed by atoms with van der Waals surface area (Å²) in [7, 11) is 2.92. The second-order valence-electron chi connectivity index (χ2n) is 7.90. The zero-order valence-corrected chi connectivity index (χ0v) is 23.0. The molecule has 7 nitrogen and oxygen atoms in total. The van der Waals surface area contributed by atoms with Gasteiger partial charge in [-0.15, -0.1) is 0 Å². The van der Waals surface area contributed by atoms with Gasteiger partial charge < -0.3 is 14.2 Å². The molecule has 3 aromatic carbocycles. The van der Waals surface area contributed by atoms with E-state index in [-0.39, 0.29) is 5.91 Å². The second-order valence-corrected chi connectivity index (χ2v) is 9.76. The highest BCUT2D eigenvalue weighted by Crippen LogP contribution is 2.40. The van der Waals surface area contributed by atoms with Crippen LogP contribution in [0, 0.1) is 0 Å². The fourth-order valence-corrected chi connectivity index (χ4v) is 5.25. The number of hydrogen-bond donors (Lipinski definition) is 0. The molecule has 1 aliphatic rings. The highest BCUT2D eigenvalue weighted by atomic mass is 79.9. The number of esters is 1. The third-order valence-electron chi connectivity index (χ3n) is 5.49. The van der Waals surface area contributed by atoms with Crippen LogP contribution in [0.25, 0.3) is 6.08 Å². The molecule has 0 aliphatic carbocycles. The van der Waals surface area contributed by atoms with Crippen LogP contribution in [-0.4, -0.2) is 42.7 Å². The Hall–Kier alpha value is -3.56. The largest absolute Gasteiger partial charge is 0.493 e. The van der Waals surface area contributed by atoms with Crippen molar-refractivity contribution < 1.29 is 23.8 Å². The lowest BCUT2D eigenvalue weighted by molar-refractivity contribution is -0.122. The standard InChI is InChI=1S/C28H25BrN2O5S/c1-4-31-26(32)24(37-28(31)30-21-12-10-20(11-13-21)27(33)35-3)16-19-14-22(29)25(23(15-19)34-2)36-17-18-8-6-5-7-9-18/h5-16H,4,17H2,1-3H3. The van der Waals surface area contributed by atoms with Crippen molar-refractivity contribution in [1.82, 2.24) is 4.90 Å². The first-order valence-corrected chi connectivity index (χ1v) is 13.1. The molecule has 0 unspecified atom stereocenters. The molecular formula is C28H25BrN2O5S. The van der Waals surface area contributed by atoms with Crippen molar-refractivity contribution in [2.24, 2.45) is 4.99 Å². The lowest BCUT2D eigenvalue weighted by Crippen LogP contribution is -2.28. The van der Waals surface area contributed by atoms with Crippen molar-refractivity contribution in [2.45, 2.75) is 13.5 Å². The Kier molecular flexibility index (Phi) is 8.68. The van der Waals surface area contributed by atoms with E-state index in [1.54, 1.807) is 36.3 Å². The van der Waals surface area contributed by atoms with E-state index in [4.69, 9.17) is 14.2 Å². The number of ether oxygens (including phenoxy) is 3. The molecule has 0 aromatic heterocycles. The molecule has 4 rings (SSSR count). The fraction of sp³-hybridized carbons (Fsp3) is 0.179. The molecule has 190 valence electrons. The van der Waals surface area contributed by atoms with Crippen LogP contribution in [0.2, 0.25) is 0 Å². The van der Waals surface area contributed by atoms with Crippen LogP contribution in [-0.2, 0) is 16.1 Å². The summed E-state index contributed by atoms with van der Waals surface area (Å²) in [5.41, 5.74) is 2.89. The minimum absolute atomic E-state index is 0.128. The van der Waals surface area contributed by atoms with E-state index < -0.39 is 5.97 Å². The van der Waals surface area contributed by atoms with Crippen molar-refractivity contribution in [1.29, 1.82) is 0 Å². The molecule has 3 aromatic rings. The Bertz CT molecular complexity index is 1360. The monoisotopic (exact) mass is 580 g/mol. The number of methoxy groups -OCH3 is 2. The zero-order valence-electron chi connectivity index (χ0n) is 20.6. The number of amidine groups is 1. The number of likely N-dealkylation sites (N-methyl/N-ethyl adjacent to an activating group) is 1. The average molecular weight is 581 g/mol. The molecule has 0 radical (unpaired) electrons. The normalized spacial score (nSPS) is 15.4. The topological polar surface area (TPSA) is 77.4 Å². The first-order valence-electron chi connectivity index (χ1n) is 11.5. The maximum atomic E-state index is 13.1. The number of benzene rings is 3. The maximum Gasteiger partial charge on any atom is 0.337 e. The predicted octanol–water partition coefficient (Wildman–Crippen LogP) is 6.45. The first-order chi connectivity index (χ1) is 17.9. The number of halogens is 1. The van der Waals surface area contributed by atoms with Crippen molar-refractivity contribution in [3.8, 4) is 11.5 Å². The Morgan fingerprint density at radius 3 is 2.46 bits per heavy atom. The van der Waals surface area contributed by atoms with Gasteiger partial charge in [0.05, 0.1) is 34.8 Å². The van der Waals surface area contributed by atoms with Gasteiger partial charge in [0, 0.05) is 6.54 Å². The van der Waals surface area contributed by atoms with Gasteiger partial charge in [0.1, 0.15) is 6.61 Å². The van der Waals surface area contributed by atoms with Crippen LogP contribution in [0.1, 0.15) is 28.4 Å². The number of carbonyl (C=O) groups excluding carboxylic acids is 2. The fourth-order valence-electron chi connectivity index (χ4n) is 3.61. The van der Waals surface area contributed by atoms with Gasteiger partial charge in [-0.3, -0.25) is 9.69 Å². The molecule has 37 heavy (non-hydrogen) atoms. The van der Waals surface area contributed by atoms with E-state index in [9.17, 15) is 9.59 Å². The summed E-state index contributed by atoms with van der Waals surface area (Å²) in [5.74, 6) is 0.603. The van der Waals surface area contributed by atoms with Gasteiger partial charge in [0.15, 0.2) is 16.7 Å². The van der Waals surface area contributed by atoms with Gasteiger partial charge in [0.25, 0.3) is 5.91 Å². The Labute approximate surface area is 228 Å². The molecule has 0 saturated carbocycles. The van der Waals surface area contributed by atoms with Crippen LogP contribution in [0.5, 0.6) is 11.5 Å². The molecule has 1 heterocycles. The number of rotatable bonds is 8. The molecule has 9 heteroatoms. The molecule has 1 amide bonds. The smallest absolute Gasteiger partial charge is 0.337 e. The van der Waals surface area contributed by atoms with Crippen LogP contribution < -0.4 is 9.47 Å². The Balaban J connectivity index is 1.57. The summed E-state index contributed by atoms with van der Waals surface area (Å²) in [5, 5.41) is 0.568. The molecule has 0 bridgehead atoms. The third-order valence-corrected chi connectivity index (χ3v) is 7.09. The van der Waals surface area contributed by atoms with E-state index in [2.05, 4.69) is 20.9 Å². The third kappa shape index (κ3) is 6.23. The van der Waals surface area contributed by atoms with Crippen molar-refractivity contribution in [3.05, 3.63) is 92.8 Å². The van der Waals surface area contributed by atoms with Gasteiger partial charge in [0.2, 0.25) is 0 Å². The molecule has 1 fully saturated rings. The van der Waals surface area contributed by atoms with Crippen LogP contribution in [0.15, 0.2) is 81.1 Å². The average Bonchev–Trinajstić information content (AvgIpc) is 3.21. The van der Waals surface area contributed by atoms with E-state index in [1.807, 2.05) is 55.5 Å². The van der Waals surface area contributed by atoms with E-state index in [1.165, 1.54) is 18.9 Å². The summed E-state index contributed by atoms with van der Waals surface area (Å²) in [6, 6.07) is 20.3. The molecule has 0 spiro atoms. The summed E-state index contributed by atoms with van der Waals surface area (Å²) in [6.45, 7) is 2.77. The van der Waals surface area contributed by atoms with E-state index in [0.717, 1.165) is 15.6 Å². The van der Waals surface area contributed by atoms with Crippen molar-refractivity contribution in [3.63, 3.8) is 0 Å². The van der Waals surface area contributed by atoms with E-state index >= 15 is 0 Å². The van der Waals surface area contributed by atoms with Crippen LogP contribution in [0.3, 0.4) is 0 Å². The SMILES string of the molecule is CCN1C(=O)C(=Cc2cc(Br)c(OCc3ccccc3)c(OC)c2)SC1=Nc1ccc(C(=O)OC)cc1. The zero-order chi connectivity index (χ0) is 26.4. The number of thioether (sulfide) groups is 1. The second kappa shape index (κ2) is 12.1. The van der Waals surface area contributed by atoms with Crippen molar-refractivity contribution in [2.75, 3.05) is 20.8 Å². The number of hydrogen-bond acceptors (Lipinski definition) is 7. The molecule has 0 atom stereocenters. The highest BCUT2D eigenvalue weighted by molar-refractivity contribution is 9.10. The molecule has 1 saturated heterocycles. The van der Waals surface area contributed by atoms with Gasteiger partial charge in [-0.25, -0.2) is 9.79 Å². The summed E-state index contributed by atoms with van der Waals surface area (Å²) >= 11 is 4.88. The predicted molar refractivity (Wildman–Crippen MR) is 149 cm³/mol. The van der Waals surface area contributed by atoms with E-state index in [0.29, 0.717) is 46.0 Å². The Morgan fingerprint density at radius 1 is 1.08 bits per heavy atom. The Morgan fingerprint density at radius 2 is 1.81 bits per heavy atom. The van der Waals surface area contributed by atoms with Crippen molar-refractivity contribution >= 4 is 56.5 Å². The summed E-state index contributed by atoms with van der Waals surface area (Å²) in [4.78, 5) is 31.6. The van der Waals surface area contributed by atoms with Gasteiger partial charge in [-0.1, -0.05) is 30.3 Å². The van der Waals surface area contributed by atoms with Gasteiger partial charge in [-0.2, -0.15) is 0 Å². The number of nitrogens with zero attached hydrogens (tertiary/aromatic N) is 2. The first kappa shape index (κ1) is 26.5. The van der Waals surface area contributed by atoms with Crippen LogP contribution in [0.4, 0.5) is 5.69 Å². The minimum atomic E-state index is -0.414. The van der Waals surface area contributed by atoms with Gasteiger partial charge in [-0.05, 0) is 88.2 Å². The van der Waals surface area contributed by atoms with Crippen LogP contribution >= 0.6 is 27.7 Å². The lowest BCUT2D eigenvalue weighted by Gasteiger charge is -2.14. The molecule has 1 aliphatic heterocycles. The summed E-state index contributed by atoms with van der Waals surface area (Å²) < 4.78 is 17.1. The number of aliphatic imine (C=N–C) groups is 1. The quantitative estimate of drug-likeness (QED) is 0.225. The number of carbonyl (C=O) groups is 2. The number of amides is 1. The molecular weight excluding hydrogens is 556 g/mol. The lowest BCUT2D eigenvalue weighted by atomic mass is 10.1. The molecule has 0 N–H and O–H groups in total. The maximum absolute atomic E-state index is 13.1. The highest BCUT2D eigenvalue weighted by Gasteiger charge is 2.32. The van der Waals surface area contributed by atoms with Gasteiger partial charge >= 0.3 is 5.97 Å². The summed E-state index contributed by atoms with van der Waals surface area (Å²) in [6.07, 6.45) is 1.81. The minimum Gasteiger partial charge on any atom is -0.493 e.